The highest BCUT2D eigenvalue weighted by molar-refractivity contribution is 6.31. The molecule has 0 amide bonds. The van der Waals surface area contributed by atoms with Crippen LogP contribution in [0.25, 0.3) is 10.9 Å². The lowest BCUT2D eigenvalue weighted by Gasteiger charge is -2.22. The Hall–Kier alpha value is -2.77. The Labute approximate surface area is 172 Å². The van der Waals surface area contributed by atoms with Crippen molar-refractivity contribution in [2.45, 2.75) is 25.4 Å². The number of carbonyl (C=O) groups excluding carboxylic acids is 1. The average Bonchev–Trinajstić information content (AvgIpc) is 3.18. The van der Waals surface area contributed by atoms with E-state index in [0.29, 0.717) is 29.3 Å². The molecule has 1 aliphatic heterocycles. The van der Waals surface area contributed by atoms with Gasteiger partial charge in [0.05, 0.1) is 23.7 Å². The number of halogens is 2. The van der Waals surface area contributed by atoms with Crippen molar-refractivity contribution in [3.05, 3.63) is 53.1 Å². The first-order chi connectivity index (χ1) is 14.1. The molecule has 1 atom stereocenters. The molecule has 1 aliphatic rings. The summed E-state index contributed by atoms with van der Waals surface area (Å²) in [6.07, 6.45) is 4.34. The summed E-state index contributed by atoms with van der Waals surface area (Å²) in [4.78, 5) is 22.2. The number of fused-ring (bicyclic) bond motifs is 1. The highest BCUT2D eigenvalue weighted by Gasteiger charge is 2.25. The van der Waals surface area contributed by atoms with E-state index in [9.17, 15) is 9.18 Å². The Bertz CT molecular complexity index is 1060. The number of methoxy groups -OCH3 is 1. The maximum absolute atomic E-state index is 13.5. The van der Waals surface area contributed by atoms with E-state index in [1.807, 2.05) is 12.1 Å². The second-order valence-corrected chi connectivity index (χ2v) is 7.38. The van der Waals surface area contributed by atoms with Gasteiger partial charge in [-0.25, -0.2) is 14.4 Å². The minimum Gasteiger partial charge on any atom is -0.496 e. The van der Waals surface area contributed by atoms with Gasteiger partial charge in [0, 0.05) is 29.2 Å². The molecule has 4 rings (SSSR count). The number of nitrogens with one attached hydrogen (secondary N) is 1. The van der Waals surface area contributed by atoms with Crippen LogP contribution < -0.4 is 10.1 Å². The van der Waals surface area contributed by atoms with Crippen molar-refractivity contribution < 1.29 is 13.9 Å². The van der Waals surface area contributed by atoms with Gasteiger partial charge in [0.25, 0.3) is 0 Å². The summed E-state index contributed by atoms with van der Waals surface area (Å²) in [5, 5.41) is 4.01. The number of hydrogen-bond donors (Lipinski definition) is 1. The molecule has 1 aromatic heterocycles. The van der Waals surface area contributed by atoms with E-state index in [0.717, 1.165) is 36.6 Å². The Kier molecular flexibility index (Phi) is 5.60. The average molecular weight is 415 g/mol. The number of aromatic nitrogens is 2. The highest BCUT2D eigenvalue weighted by Crippen LogP contribution is 2.32. The maximum atomic E-state index is 13.5. The first kappa shape index (κ1) is 19.5. The van der Waals surface area contributed by atoms with Crippen LogP contribution in [-0.2, 0) is 11.3 Å². The largest absolute Gasteiger partial charge is 0.496 e. The van der Waals surface area contributed by atoms with Gasteiger partial charge in [-0.3, -0.25) is 4.90 Å². The molecule has 1 saturated heterocycles. The summed E-state index contributed by atoms with van der Waals surface area (Å²) in [6.45, 7) is 1.47. The van der Waals surface area contributed by atoms with E-state index in [1.54, 1.807) is 13.2 Å². The van der Waals surface area contributed by atoms with Crippen LogP contribution in [0, 0.1) is 5.82 Å². The van der Waals surface area contributed by atoms with Crippen molar-refractivity contribution in [3.63, 3.8) is 0 Å². The van der Waals surface area contributed by atoms with Crippen molar-refractivity contribution in [2.24, 2.45) is 0 Å². The highest BCUT2D eigenvalue weighted by atomic mass is 35.5. The van der Waals surface area contributed by atoms with Gasteiger partial charge >= 0.3 is 0 Å². The van der Waals surface area contributed by atoms with E-state index in [2.05, 4.69) is 20.2 Å². The van der Waals surface area contributed by atoms with Gasteiger partial charge in [0.1, 0.15) is 30.0 Å². The number of aldehydes is 1. The molecule has 0 radical (unpaired) electrons. The fourth-order valence-corrected chi connectivity index (χ4v) is 3.85. The number of carbonyl (C=O) groups is 1. The van der Waals surface area contributed by atoms with Gasteiger partial charge in [-0.1, -0.05) is 11.6 Å². The second-order valence-electron chi connectivity index (χ2n) is 6.97. The zero-order valence-electron chi connectivity index (χ0n) is 15.9. The molecule has 0 saturated carbocycles. The van der Waals surface area contributed by atoms with Crippen molar-refractivity contribution in [3.8, 4) is 5.75 Å². The molecule has 0 unspecified atom stereocenters. The van der Waals surface area contributed by atoms with Crippen LogP contribution in [0.3, 0.4) is 0 Å². The number of likely N-dealkylation sites (tertiary alicyclic amines) is 1. The standard InChI is InChI=1S/C21H20ClFN4O2/c1-29-20-9-19-16(7-13(20)10-27-6-2-3-15(27)11-28)21(25-12-24-19)26-14-4-5-18(23)17(22)8-14/h4-5,7-9,11-12,15H,2-3,6,10H2,1H3,(H,24,25,26)/t15-/m1/s1. The third-order valence-electron chi connectivity index (χ3n) is 5.16. The van der Waals surface area contributed by atoms with Gasteiger partial charge in [-0.2, -0.15) is 0 Å². The summed E-state index contributed by atoms with van der Waals surface area (Å²) in [5.41, 5.74) is 2.28. The van der Waals surface area contributed by atoms with Gasteiger partial charge in [-0.15, -0.1) is 0 Å². The lowest BCUT2D eigenvalue weighted by molar-refractivity contribution is -0.111. The smallest absolute Gasteiger partial charge is 0.141 e. The van der Waals surface area contributed by atoms with E-state index in [1.165, 1.54) is 18.5 Å². The summed E-state index contributed by atoms with van der Waals surface area (Å²) < 4.78 is 19.0. The minimum atomic E-state index is -0.480. The van der Waals surface area contributed by atoms with E-state index >= 15 is 0 Å². The molecule has 3 aromatic rings. The number of ether oxygens (including phenoxy) is 1. The van der Waals surface area contributed by atoms with Gasteiger partial charge in [-0.05, 0) is 43.7 Å². The van der Waals surface area contributed by atoms with Crippen LogP contribution in [0.4, 0.5) is 15.9 Å². The number of nitrogens with zero attached hydrogens (tertiary/aromatic N) is 3. The second kappa shape index (κ2) is 8.31. The fraction of sp³-hybridized carbons (Fsp3) is 0.286. The van der Waals surface area contributed by atoms with Crippen molar-refractivity contribution in [1.82, 2.24) is 14.9 Å². The van der Waals surface area contributed by atoms with Crippen LogP contribution >= 0.6 is 11.6 Å². The molecule has 29 heavy (non-hydrogen) atoms. The molecule has 1 N–H and O–H groups in total. The summed E-state index contributed by atoms with van der Waals surface area (Å²) in [7, 11) is 1.62. The predicted octanol–water partition coefficient (Wildman–Crippen LogP) is 4.34. The number of hydrogen-bond acceptors (Lipinski definition) is 6. The molecule has 1 fully saturated rings. The molecular weight excluding hydrogens is 395 g/mol. The molecule has 2 aromatic carbocycles. The van der Waals surface area contributed by atoms with Crippen molar-refractivity contribution >= 4 is 40.3 Å². The topological polar surface area (TPSA) is 67.4 Å². The zero-order valence-corrected chi connectivity index (χ0v) is 16.6. The normalized spacial score (nSPS) is 16.9. The molecule has 0 bridgehead atoms. The maximum Gasteiger partial charge on any atom is 0.141 e. The minimum absolute atomic E-state index is 0.0321. The lowest BCUT2D eigenvalue weighted by Crippen LogP contribution is -2.30. The SMILES string of the molecule is COc1cc2ncnc(Nc3ccc(F)c(Cl)c3)c2cc1CN1CCC[C@@H]1C=O. The predicted molar refractivity (Wildman–Crippen MR) is 110 cm³/mol. The molecular formula is C21H20ClFN4O2. The summed E-state index contributed by atoms with van der Waals surface area (Å²) in [6, 6.07) is 8.17. The molecule has 0 spiro atoms. The van der Waals surface area contributed by atoms with Crippen LogP contribution in [0.5, 0.6) is 5.75 Å². The van der Waals surface area contributed by atoms with Gasteiger partial charge in [0.2, 0.25) is 0 Å². The van der Waals surface area contributed by atoms with Crippen LogP contribution in [0.2, 0.25) is 5.02 Å². The Morgan fingerprint density at radius 1 is 1.34 bits per heavy atom. The Morgan fingerprint density at radius 3 is 2.97 bits per heavy atom. The van der Waals surface area contributed by atoms with Gasteiger partial charge in [0.15, 0.2) is 0 Å². The van der Waals surface area contributed by atoms with Crippen LogP contribution in [-0.4, -0.2) is 40.9 Å². The fourth-order valence-electron chi connectivity index (χ4n) is 3.67. The van der Waals surface area contributed by atoms with Crippen LogP contribution in [0.1, 0.15) is 18.4 Å². The molecule has 0 aliphatic carbocycles. The van der Waals surface area contributed by atoms with E-state index in [-0.39, 0.29) is 11.1 Å². The van der Waals surface area contributed by atoms with Crippen LogP contribution in [0.15, 0.2) is 36.7 Å². The van der Waals surface area contributed by atoms with Gasteiger partial charge < -0.3 is 14.8 Å². The number of rotatable bonds is 6. The summed E-state index contributed by atoms with van der Waals surface area (Å²) in [5.74, 6) is 0.811. The third-order valence-corrected chi connectivity index (χ3v) is 5.45. The molecule has 6 nitrogen and oxygen atoms in total. The lowest BCUT2D eigenvalue weighted by atomic mass is 10.1. The van der Waals surface area contributed by atoms with Crippen molar-refractivity contribution in [2.75, 3.05) is 19.0 Å². The quantitative estimate of drug-likeness (QED) is 0.605. The van der Waals surface area contributed by atoms with E-state index < -0.39 is 5.82 Å². The Morgan fingerprint density at radius 2 is 2.21 bits per heavy atom. The van der Waals surface area contributed by atoms with Crippen molar-refractivity contribution in [1.29, 1.82) is 0 Å². The molecule has 2 heterocycles. The third kappa shape index (κ3) is 4.02. The number of anilines is 2. The summed E-state index contributed by atoms with van der Waals surface area (Å²) >= 11 is 5.89. The molecule has 150 valence electrons. The monoisotopic (exact) mass is 414 g/mol. The Balaban J connectivity index is 1.72. The number of benzene rings is 2. The zero-order chi connectivity index (χ0) is 20.4. The molecule has 8 heteroatoms. The van der Waals surface area contributed by atoms with E-state index in [4.69, 9.17) is 16.3 Å². The first-order valence-electron chi connectivity index (χ1n) is 9.32. The first-order valence-corrected chi connectivity index (χ1v) is 9.70.